The van der Waals surface area contributed by atoms with E-state index < -0.39 is 0 Å². The molecule has 1 aromatic rings. The maximum atomic E-state index is 12.5. The van der Waals surface area contributed by atoms with Crippen LogP contribution in [0.15, 0.2) is 6.20 Å². The summed E-state index contributed by atoms with van der Waals surface area (Å²) >= 11 is 0. The standard InChI is InChI=1S/C13H20N4O2.ClH/c18-13(17-4-6-19-7-5-17)11-9-15-16-12(11)10-2-1-3-14-8-10;/h9-10,14H,1-8H2,(H,15,16);1H. The van der Waals surface area contributed by atoms with Gasteiger partial charge >= 0.3 is 0 Å². The number of piperidine rings is 1. The Balaban J connectivity index is 0.00000147. The molecule has 0 aromatic carbocycles. The molecule has 0 radical (unpaired) electrons. The van der Waals surface area contributed by atoms with Crippen molar-refractivity contribution in [3.8, 4) is 0 Å². The number of aromatic nitrogens is 2. The van der Waals surface area contributed by atoms with Crippen LogP contribution in [0, 0.1) is 0 Å². The molecule has 2 aliphatic rings. The molecule has 1 aromatic heterocycles. The second-order valence-corrected chi connectivity index (χ2v) is 5.15. The van der Waals surface area contributed by atoms with Crippen molar-refractivity contribution < 1.29 is 9.53 Å². The molecule has 6 nitrogen and oxygen atoms in total. The number of carbonyl (C=O) groups excluding carboxylic acids is 1. The van der Waals surface area contributed by atoms with Gasteiger partial charge in [0.05, 0.1) is 30.7 Å². The number of amides is 1. The van der Waals surface area contributed by atoms with E-state index in [2.05, 4.69) is 15.5 Å². The molecule has 1 atom stereocenters. The van der Waals surface area contributed by atoms with Crippen molar-refractivity contribution in [3.05, 3.63) is 17.5 Å². The summed E-state index contributed by atoms with van der Waals surface area (Å²) in [5.74, 6) is 0.453. The zero-order valence-corrected chi connectivity index (χ0v) is 12.2. The number of nitrogens with zero attached hydrogens (tertiary/aromatic N) is 2. The van der Waals surface area contributed by atoms with E-state index in [-0.39, 0.29) is 18.3 Å². The van der Waals surface area contributed by atoms with Crippen LogP contribution in [-0.2, 0) is 4.74 Å². The second kappa shape index (κ2) is 7.06. The second-order valence-electron chi connectivity index (χ2n) is 5.15. The first kappa shape index (κ1) is 15.3. The molecular weight excluding hydrogens is 280 g/mol. The third-order valence-electron chi connectivity index (χ3n) is 3.90. The zero-order chi connectivity index (χ0) is 13.1. The zero-order valence-electron chi connectivity index (χ0n) is 11.4. The van der Waals surface area contributed by atoms with Crippen molar-refractivity contribution in [2.24, 2.45) is 0 Å². The molecule has 3 rings (SSSR count). The fraction of sp³-hybridized carbons (Fsp3) is 0.692. The Morgan fingerprint density at radius 2 is 2.20 bits per heavy atom. The third-order valence-corrected chi connectivity index (χ3v) is 3.90. The number of carbonyl (C=O) groups is 1. The summed E-state index contributed by atoms with van der Waals surface area (Å²) in [6.45, 7) is 4.59. The van der Waals surface area contributed by atoms with Gasteiger partial charge in [0.15, 0.2) is 0 Å². The molecule has 2 fully saturated rings. The van der Waals surface area contributed by atoms with Gasteiger partial charge in [0, 0.05) is 25.6 Å². The van der Waals surface area contributed by atoms with E-state index in [1.165, 1.54) is 0 Å². The van der Waals surface area contributed by atoms with Crippen LogP contribution in [0.5, 0.6) is 0 Å². The Hall–Kier alpha value is -1.11. The van der Waals surface area contributed by atoms with Crippen LogP contribution in [0.1, 0.15) is 34.8 Å². The van der Waals surface area contributed by atoms with Crippen molar-refractivity contribution in [1.29, 1.82) is 0 Å². The van der Waals surface area contributed by atoms with Crippen LogP contribution in [0.2, 0.25) is 0 Å². The monoisotopic (exact) mass is 300 g/mol. The van der Waals surface area contributed by atoms with Gasteiger partial charge in [0.1, 0.15) is 0 Å². The summed E-state index contributed by atoms with van der Waals surface area (Å²) in [7, 11) is 0. The van der Waals surface area contributed by atoms with Crippen LogP contribution in [0.4, 0.5) is 0 Å². The molecule has 0 saturated carbocycles. The number of aromatic amines is 1. The highest BCUT2D eigenvalue weighted by molar-refractivity contribution is 5.95. The van der Waals surface area contributed by atoms with Gasteiger partial charge < -0.3 is 15.0 Å². The average molecular weight is 301 g/mol. The molecule has 3 heterocycles. The topological polar surface area (TPSA) is 70.2 Å². The molecule has 0 spiro atoms. The average Bonchev–Trinajstić information content (AvgIpc) is 2.98. The number of hydrogen-bond acceptors (Lipinski definition) is 4. The van der Waals surface area contributed by atoms with Crippen LogP contribution < -0.4 is 5.32 Å². The minimum absolute atomic E-state index is 0. The quantitative estimate of drug-likeness (QED) is 0.846. The Morgan fingerprint density at radius 1 is 1.40 bits per heavy atom. The minimum atomic E-state index is 0. The molecule has 1 unspecified atom stereocenters. The fourth-order valence-electron chi connectivity index (χ4n) is 2.81. The van der Waals surface area contributed by atoms with Crippen LogP contribution >= 0.6 is 12.4 Å². The van der Waals surface area contributed by atoms with E-state index in [0.717, 1.165) is 37.2 Å². The Bertz CT molecular complexity index is 439. The predicted octanol–water partition coefficient (Wildman–Crippen LogP) is 0.771. The number of morpholine rings is 1. The van der Waals surface area contributed by atoms with Gasteiger partial charge in [-0.25, -0.2) is 0 Å². The summed E-state index contributed by atoms with van der Waals surface area (Å²) in [5, 5.41) is 10.5. The van der Waals surface area contributed by atoms with E-state index in [1.807, 2.05) is 4.90 Å². The summed E-state index contributed by atoms with van der Waals surface area (Å²) in [6.07, 6.45) is 3.93. The van der Waals surface area contributed by atoms with Crippen molar-refractivity contribution in [2.45, 2.75) is 18.8 Å². The smallest absolute Gasteiger partial charge is 0.257 e. The molecular formula is C13H21ClN4O2. The SMILES string of the molecule is Cl.O=C(c1cn[nH]c1C1CCCNC1)N1CCOCC1. The largest absolute Gasteiger partial charge is 0.378 e. The van der Waals surface area contributed by atoms with E-state index in [9.17, 15) is 4.79 Å². The maximum absolute atomic E-state index is 12.5. The number of rotatable bonds is 2. The normalized spacial score (nSPS) is 23.2. The number of H-pyrrole nitrogens is 1. The molecule has 112 valence electrons. The van der Waals surface area contributed by atoms with E-state index >= 15 is 0 Å². The molecule has 2 saturated heterocycles. The summed E-state index contributed by atoms with van der Waals surface area (Å²) in [6, 6.07) is 0. The molecule has 1 amide bonds. The van der Waals surface area contributed by atoms with Gasteiger partial charge in [-0.3, -0.25) is 9.89 Å². The molecule has 20 heavy (non-hydrogen) atoms. The van der Waals surface area contributed by atoms with Crippen LogP contribution in [-0.4, -0.2) is 60.4 Å². The van der Waals surface area contributed by atoms with Crippen molar-refractivity contribution in [1.82, 2.24) is 20.4 Å². The summed E-state index contributed by atoms with van der Waals surface area (Å²) in [5.41, 5.74) is 1.72. The number of halogens is 1. The van der Waals surface area contributed by atoms with E-state index in [4.69, 9.17) is 4.74 Å². The molecule has 2 N–H and O–H groups in total. The van der Waals surface area contributed by atoms with Crippen molar-refractivity contribution in [3.63, 3.8) is 0 Å². The maximum Gasteiger partial charge on any atom is 0.257 e. The lowest BCUT2D eigenvalue weighted by molar-refractivity contribution is 0.0302. The predicted molar refractivity (Wildman–Crippen MR) is 77.4 cm³/mol. The number of ether oxygens (including phenoxy) is 1. The first-order valence-electron chi connectivity index (χ1n) is 6.97. The third kappa shape index (κ3) is 3.13. The fourth-order valence-corrected chi connectivity index (χ4v) is 2.81. The Morgan fingerprint density at radius 3 is 2.90 bits per heavy atom. The van der Waals surface area contributed by atoms with Crippen molar-refractivity contribution in [2.75, 3.05) is 39.4 Å². The summed E-state index contributed by atoms with van der Waals surface area (Å²) < 4.78 is 5.29. The van der Waals surface area contributed by atoms with Gasteiger partial charge in [-0.2, -0.15) is 5.10 Å². The van der Waals surface area contributed by atoms with Gasteiger partial charge in [-0.05, 0) is 19.4 Å². The highest BCUT2D eigenvalue weighted by Gasteiger charge is 2.26. The molecule has 2 aliphatic heterocycles. The first-order chi connectivity index (χ1) is 9.36. The molecule has 0 aliphatic carbocycles. The highest BCUT2D eigenvalue weighted by atomic mass is 35.5. The highest BCUT2D eigenvalue weighted by Crippen LogP contribution is 2.25. The lowest BCUT2D eigenvalue weighted by Gasteiger charge is -2.28. The molecule has 0 bridgehead atoms. The summed E-state index contributed by atoms with van der Waals surface area (Å²) in [4.78, 5) is 14.4. The van der Waals surface area contributed by atoms with Crippen molar-refractivity contribution >= 4 is 18.3 Å². The lowest BCUT2D eigenvalue weighted by atomic mass is 9.93. The first-order valence-corrected chi connectivity index (χ1v) is 6.97. The van der Waals surface area contributed by atoms with Gasteiger partial charge in [0.2, 0.25) is 0 Å². The Kier molecular flexibility index (Phi) is 5.39. The van der Waals surface area contributed by atoms with Gasteiger partial charge in [-0.15, -0.1) is 12.4 Å². The lowest BCUT2D eigenvalue weighted by Crippen LogP contribution is -2.41. The van der Waals surface area contributed by atoms with E-state index in [1.54, 1.807) is 6.20 Å². The van der Waals surface area contributed by atoms with E-state index in [0.29, 0.717) is 32.2 Å². The van der Waals surface area contributed by atoms with Crippen LogP contribution in [0.25, 0.3) is 0 Å². The van der Waals surface area contributed by atoms with Gasteiger partial charge in [-0.1, -0.05) is 0 Å². The molecule has 7 heteroatoms. The van der Waals surface area contributed by atoms with Gasteiger partial charge in [0.25, 0.3) is 5.91 Å². The van der Waals surface area contributed by atoms with Crippen LogP contribution in [0.3, 0.4) is 0 Å². The Labute approximate surface area is 124 Å². The number of nitrogens with one attached hydrogen (secondary N) is 2. The number of hydrogen-bond donors (Lipinski definition) is 2. The minimum Gasteiger partial charge on any atom is -0.378 e.